The number of amides is 2. The van der Waals surface area contributed by atoms with E-state index in [0.717, 1.165) is 0 Å². The van der Waals surface area contributed by atoms with Crippen LogP contribution in [-0.2, 0) is 16.0 Å². The molecule has 0 aliphatic carbocycles. The molecule has 32 heavy (non-hydrogen) atoms. The van der Waals surface area contributed by atoms with E-state index in [1.165, 1.54) is 24.4 Å². The Labute approximate surface area is 183 Å². The molecule has 0 spiro atoms. The van der Waals surface area contributed by atoms with E-state index in [2.05, 4.69) is 15.8 Å². The number of hydrazone groups is 1. The van der Waals surface area contributed by atoms with Gasteiger partial charge in [0.05, 0.1) is 17.6 Å². The Balaban J connectivity index is 1.56. The summed E-state index contributed by atoms with van der Waals surface area (Å²) < 4.78 is 5.58. The maximum atomic E-state index is 12.1. The van der Waals surface area contributed by atoms with Gasteiger partial charge in [0.15, 0.2) is 6.61 Å². The molecule has 0 saturated heterocycles. The van der Waals surface area contributed by atoms with E-state index in [-0.39, 0.29) is 24.6 Å². The van der Waals surface area contributed by atoms with E-state index in [1.54, 1.807) is 42.5 Å². The van der Waals surface area contributed by atoms with Crippen LogP contribution in [0.25, 0.3) is 0 Å². The Morgan fingerprint density at radius 3 is 2.41 bits per heavy atom. The van der Waals surface area contributed by atoms with Crippen LogP contribution in [0.5, 0.6) is 5.75 Å². The minimum Gasteiger partial charge on any atom is -0.483 e. The molecular weight excluding hydrogens is 412 g/mol. The highest BCUT2D eigenvalue weighted by atomic mass is 16.6. The third-order valence-corrected chi connectivity index (χ3v) is 4.27. The molecule has 2 N–H and O–H groups in total. The Morgan fingerprint density at radius 1 is 0.938 bits per heavy atom. The number of hydrogen-bond acceptors (Lipinski definition) is 6. The topological polar surface area (TPSA) is 123 Å². The molecule has 0 aliphatic rings. The minimum atomic E-state index is -0.534. The molecule has 9 heteroatoms. The highest BCUT2D eigenvalue weighted by molar-refractivity contribution is 5.92. The number of carbonyl (C=O) groups is 2. The average Bonchev–Trinajstić information content (AvgIpc) is 2.79. The van der Waals surface area contributed by atoms with Crippen LogP contribution in [0.4, 0.5) is 11.4 Å². The fourth-order valence-corrected chi connectivity index (χ4v) is 2.81. The average molecular weight is 432 g/mol. The summed E-state index contributed by atoms with van der Waals surface area (Å²) in [5, 5.41) is 17.7. The third kappa shape index (κ3) is 6.49. The first-order chi connectivity index (χ1) is 15.5. The van der Waals surface area contributed by atoms with Crippen molar-refractivity contribution in [3.8, 4) is 5.75 Å². The molecule has 162 valence electrons. The third-order valence-electron chi connectivity index (χ3n) is 4.27. The number of benzene rings is 3. The van der Waals surface area contributed by atoms with Crippen LogP contribution < -0.4 is 15.5 Å². The Kier molecular flexibility index (Phi) is 7.63. The quantitative estimate of drug-likeness (QED) is 0.305. The van der Waals surface area contributed by atoms with Crippen LogP contribution in [0, 0.1) is 10.1 Å². The van der Waals surface area contributed by atoms with Gasteiger partial charge in [-0.3, -0.25) is 19.7 Å². The fraction of sp³-hybridized carbons (Fsp3) is 0.0870. The maximum Gasteiger partial charge on any atom is 0.273 e. The van der Waals surface area contributed by atoms with Crippen molar-refractivity contribution in [2.45, 2.75) is 6.42 Å². The van der Waals surface area contributed by atoms with Gasteiger partial charge in [0, 0.05) is 22.9 Å². The second-order valence-electron chi connectivity index (χ2n) is 6.60. The molecule has 2 amide bonds. The van der Waals surface area contributed by atoms with Crippen molar-refractivity contribution in [3.05, 3.63) is 100 Å². The molecule has 0 aromatic heterocycles. The molecule has 0 unspecified atom stereocenters. The number of hydrogen-bond donors (Lipinski definition) is 2. The van der Waals surface area contributed by atoms with Gasteiger partial charge in [0.2, 0.25) is 5.91 Å². The van der Waals surface area contributed by atoms with E-state index < -0.39 is 10.8 Å². The van der Waals surface area contributed by atoms with E-state index in [0.29, 0.717) is 22.6 Å². The van der Waals surface area contributed by atoms with Crippen molar-refractivity contribution in [1.29, 1.82) is 0 Å². The van der Waals surface area contributed by atoms with Crippen LogP contribution in [0.1, 0.15) is 11.1 Å². The number of anilines is 1. The Morgan fingerprint density at radius 2 is 1.62 bits per heavy atom. The smallest absolute Gasteiger partial charge is 0.273 e. The molecule has 3 aromatic carbocycles. The van der Waals surface area contributed by atoms with Gasteiger partial charge < -0.3 is 10.1 Å². The number of nitrogens with one attached hydrogen (secondary N) is 2. The van der Waals surface area contributed by atoms with E-state index in [9.17, 15) is 19.7 Å². The van der Waals surface area contributed by atoms with Crippen LogP contribution in [0.3, 0.4) is 0 Å². The molecule has 0 radical (unpaired) electrons. The molecule has 3 aromatic rings. The van der Waals surface area contributed by atoms with Crippen molar-refractivity contribution in [2.24, 2.45) is 5.10 Å². The van der Waals surface area contributed by atoms with Gasteiger partial charge in [-0.1, -0.05) is 48.5 Å². The standard InChI is InChI=1S/C23H20N4O5/c28-22(14-17-8-4-6-12-20(17)27(30)31)26-24-15-18-9-5-7-13-21(18)32-16-23(29)25-19-10-2-1-3-11-19/h1-13,15H,14,16H2,(H,25,29)(H,26,28). The summed E-state index contributed by atoms with van der Waals surface area (Å²) in [6.07, 6.45) is 1.19. The molecule has 0 heterocycles. The first-order valence-corrected chi connectivity index (χ1v) is 9.64. The first-order valence-electron chi connectivity index (χ1n) is 9.64. The van der Waals surface area contributed by atoms with E-state index in [1.807, 2.05) is 18.2 Å². The normalized spacial score (nSPS) is 10.5. The molecule has 3 rings (SSSR count). The Hall–Kier alpha value is -4.53. The minimum absolute atomic E-state index is 0.126. The lowest BCUT2D eigenvalue weighted by atomic mass is 10.1. The van der Waals surface area contributed by atoms with Crippen LogP contribution in [-0.4, -0.2) is 29.6 Å². The molecule has 0 atom stereocenters. The van der Waals surface area contributed by atoms with Gasteiger partial charge in [0.1, 0.15) is 5.75 Å². The molecule has 9 nitrogen and oxygen atoms in total. The number of ether oxygens (including phenoxy) is 1. The second-order valence-corrected chi connectivity index (χ2v) is 6.60. The van der Waals surface area contributed by atoms with Crippen molar-refractivity contribution in [3.63, 3.8) is 0 Å². The molecular formula is C23H20N4O5. The largest absolute Gasteiger partial charge is 0.483 e. The van der Waals surface area contributed by atoms with Gasteiger partial charge >= 0.3 is 0 Å². The number of carbonyl (C=O) groups excluding carboxylic acids is 2. The van der Waals surface area contributed by atoms with Gasteiger partial charge in [-0.25, -0.2) is 5.43 Å². The first kappa shape index (κ1) is 22.2. The van der Waals surface area contributed by atoms with Crippen molar-refractivity contribution < 1.29 is 19.2 Å². The second kappa shape index (κ2) is 11.0. The molecule has 0 aliphatic heterocycles. The van der Waals surface area contributed by atoms with E-state index in [4.69, 9.17) is 4.74 Å². The summed E-state index contributed by atoms with van der Waals surface area (Å²) in [7, 11) is 0. The molecule has 0 bridgehead atoms. The number of nitrogens with zero attached hydrogens (tertiary/aromatic N) is 2. The van der Waals surface area contributed by atoms with Crippen LogP contribution in [0.15, 0.2) is 84.0 Å². The van der Waals surface area contributed by atoms with Crippen LogP contribution >= 0.6 is 0 Å². The predicted molar refractivity (Wildman–Crippen MR) is 120 cm³/mol. The summed E-state index contributed by atoms with van der Waals surface area (Å²) in [5.41, 5.74) is 3.72. The number of para-hydroxylation sites is 3. The number of nitro benzene ring substituents is 1. The van der Waals surface area contributed by atoms with E-state index >= 15 is 0 Å². The SMILES string of the molecule is O=C(Cc1ccccc1[N+](=O)[O-])NN=Cc1ccccc1OCC(=O)Nc1ccccc1. The summed E-state index contributed by atoms with van der Waals surface area (Å²) in [5.74, 6) is -0.413. The Bertz CT molecular complexity index is 1130. The van der Waals surface area contributed by atoms with Crippen molar-refractivity contribution in [1.82, 2.24) is 5.43 Å². The predicted octanol–water partition coefficient (Wildman–Crippen LogP) is 3.31. The van der Waals surface area contributed by atoms with Crippen molar-refractivity contribution in [2.75, 3.05) is 11.9 Å². The highest BCUT2D eigenvalue weighted by Gasteiger charge is 2.15. The summed E-state index contributed by atoms with van der Waals surface area (Å²) in [6.45, 7) is -0.205. The van der Waals surface area contributed by atoms with Gasteiger partial charge in [0.25, 0.3) is 11.6 Å². The summed E-state index contributed by atoms with van der Waals surface area (Å²) in [6, 6.07) is 21.9. The highest BCUT2D eigenvalue weighted by Crippen LogP contribution is 2.18. The number of nitro groups is 1. The maximum absolute atomic E-state index is 12.1. The van der Waals surface area contributed by atoms with Gasteiger partial charge in [-0.2, -0.15) is 5.10 Å². The lowest BCUT2D eigenvalue weighted by Crippen LogP contribution is -2.21. The van der Waals surface area contributed by atoms with Gasteiger partial charge in [-0.15, -0.1) is 0 Å². The summed E-state index contributed by atoms with van der Waals surface area (Å²) in [4.78, 5) is 34.7. The fourth-order valence-electron chi connectivity index (χ4n) is 2.81. The lowest BCUT2D eigenvalue weighted by molar-refractivity contribution is -0.385. The number of rotatable bonds is 9. The van der Waals surface area contributed by atoms with Gasteiger partial charge in [-0.05, 0) is 24.3 Å². The zero-order valence-electron chi connectivity index (χ0n) is 16.9. The molecule has 0 saturated carbocycles. The zero-order chi connectivity index (χ0) is 22.8. The van der Waals surface area contributed by atoms with Crippen LogP contribution in [0.2, 0.25) is 0 Å². The zero-order valence-corrected chi connectivity index (χ0v) is 16.9. The summed E-state index contributed by atoms with van der Waals surface area (Å²) >= 11 is 0. The lowest BCUT2D eigenvalue weighted by Gasteiger charge is -2.09. The monoisotopic (exact) mass is 432 g/mol. The molecule has 0 fully saturated rings. The van der Waals surface area contributed by atoms with Crippen molar-refractivity contribution >= 4 is 29.4 Å².